The summed E-state index contributed by atoms with van der Waals surface area (Å²) in [6, 6.07) is 4.28. The van der Waals surface area contributed by atoms with E-state index in [-0.39, 0.29) is 5.12 Å². The van der Waals surface area contributed by atoms with Crippen molar-refractivity contribution in [3.05, 3.63) is 35.0 Å². The van der Waals surface area contributed by atoms with Gasteiger partial charge in [-0.25, -0.2) is 0 Å². The van der Waals surface area contributed by atoms with E-state index < -0.39 is 0 Å². The van der Waals surface area contributed by atoms with Crippen molar-refractivity contribution in [1.82, 2.24) is 10.3 Å². The Labute approximate surface area is 118 Å². The molecular weight excluding hydrogens is 256 g/mol. The summed E-state index contributed by atoms with van der Waals surface area (Å²) in [5, 5.41) is 4.65. The van der Waals surface area contributed by atoms with Crippen LogP contribution in [-0.4, -0.2) is 22.7 Å². The van der Waals surface area contributed by atoms with E-state index in [1.165, 1.54) is 10.9 Å². The average Bonchev–Trinajstić information content (AvgIpc) is 2.81. The molecule has 4 heteroatoms. The minimum atomic E-state index is -0.139. The van der Waals surface area contributed by atoms with Crippen LogP contribution >= 0.6 is 12.6 Å². The van der Waals surface area contributed by atoms with E-state index in [1.807, 2.05) is 12.1 Å². The molecule has 0 spiro atoms. The van der Waals surface area contributed by atoms with Gasteiger partial charge in [0.2, 0.25) is 5.12 Å². The lowest BCUT2D eigenvalue weighted by molar-refractivity contribution is 0.109. The molecule has 1 aromatic heterocycles. The molecule has 2 N–H and O–H groups in total. The minimum absolute atomic E-state index is 0.139. The number of thiol groups is 1. The second-order valence-corrected chi connectivity index (χ2v) is 5.60. The lowest BCUT2D eigenvalue weighted by atomic mass is 9.86. The Morgan fingerprint density at radius 2 is 2.32 bits per heavy atom. The molecule has 3 nitrogen and oxygen atoms in total. The molecule has 1 aliphatic carbocycles. The third kappa shape index (κ3) is 2.19. The van der Waals surface area contributed by atoms with Crippen molar-refractivity contribution in [2.45, 2.75) is 32.2 Å². The number of hydrogen-bond acceptors (Lipinski definition) is 2. The van der Waals surface area contributed by atoms with Crippen LogP contribution < -0.4 is 5.32 Å². The molecule has 0 saturated carbocycles. The molecule has 1 unspecified atom stereocenters. The predicted octanol–water partition coefficient (Wildman–Crippen LogP) is 2.70. The Kier molecular flexibility index (Phi) is 3.37. The topological polar surface area (TPSA) is 44.9 Å². The van der Waals surface area contributed by atoms with Crippen molar-refractivity contribution >= 4 is 28.6 Å². The van der Waals surface area contributed by atoms with Crippen molar-refractivity contribution in [3.8, 4) is 0 Å². The molecule has 0 radical (unpaired) electrons. The Morgan fingerprint density at radius 1 is 1.47 bits per heavy atom. The molecule has 1 heterocycles. The van der Waals surface area contributed by atoms with Gasteiger partial charge >= 0.3 is 0 Å². The summed E-state index contributed by atoms with van der Waals surface area (Å²) < 4.78 is 0. The maximum absolute atomic E-state index is 11.7. The van der Waals surface area contributed by atoms with E-state index in [4.69, 9.17) is 0 Å². The molecule has 1 atom stereocenters. The number of benzene rings is 1. The van der Waals surface area contributed by atoms with Crippen LogP contribution in [0, 0.1) is 0 Å². The molecule has 0 amide bonds. The van der Waals surface area contributed by atoms with Crippen molar-refractivity contribution in [1.29, 1.82) is 0 Å². The van der Waals surface area contributed by atoms with E-state index in [0.717, 1.165) is 42.5 Å². The first kappa shape index (κ1) is 12.8. The number of rotatable bonds is 4. The van der Waals surface area contributed by atoms with Crippen molar-refractivity contribution < 1.29 is 4.79 Å². The number of aromatic nitrogens is 1. The van der Waals surface area contributed by atoms with Crippen LogP contribution in [-0.2, 0) is 12.8 Å². The number of carbonyl (C=O) groups is 1. The Balaban J connectivity index is 2.06. The molecule has 0 saturated heterocycles. The number of nitrogens with one attached hydrogen (secondary N) is 2. The molecule has 2 aromatic rings. The molecule has 0 aliphatic heterocycles. The van der Waals surface area contributed by atoms with Gasteiger partial charge in [0.25, 0.3) is 0 Å². The Bertz CT molecular complexity index is 632. The van der Waals surface area contributed by atoms with Gasteiger partial charge in [-0.05, 0) is 49.1 Å². The normalized spacial score (nSPS) is 17.9. The molecular formula is C15H18N2OS. The predicted molar refractivity (Wildman–Crippen MR) is 81.1 cm³/mol. The monoisotopic (exact) mass is 274 g/mol. The van der Waals surface area contributed by atoms with Crippen molar-refractivity contribution in [2.75, 3.05) is 6.54 Å². The first-order valence-corrected chi connectivity index (χ1v) is 7.24. The third-order valence-corrected chi connectivity index (χ3v) is 4.11. The zero-order valence-electron chi connectivity index (χ0n) is 11.0. The van der Waals surface area contributed by atoms with E-state index >= 15 is 0 Å². The molecule has 0 bridgehead atoms. The van der Waals surface area contributed by atoms with Crippen LogP contribution in [0.4, 0.5) is 0 Å². The SMILES string of the molecule is CCCNC1Cc2c[nH]c3ccc(C(=O)S)c(c23)C1. The van der Waals surface area contributed by atoms with Gasteiger partial charge in [0, 0.05) is 28.7 Å². The second-order valence-electron chi connectivity index (χ2n) is 5.19. The third-order valence-electron chi connectivity index (χ3n) is 3.87. The summed E-state index contributed by atoms with van der Waals surface area (Å²) in [7, 11) is 0. The summed E-state index contributed by atoms with van der Waals surface area (Å²) in [6.45, 7) is 3.19. The van der Waals surface area contributed by atoms with Gasteiger partial charge in [0.15, 0.2) is 0 Å². The van der Waals surface area contributed by atoms with Gasteiger partial charge in [0.1, 0.15) is 0 Å². The van der Waals surface area contributed by atoms with Crippen LogP contribution in [0.15, 0.2) is 18.3 Å². The average molecular weight is 274 g/mol. The number of aromatic amines is 1. The van der Waals surface area contributed by atoms with Gasteiger partial charge in [0.05, 0.1) is 0 Å². The van der Waals surface area contributed by atoms with Gasteiger partial charge in [-0.1, -0.05) is 6.92 Å². The number of H-pyrrole nitrogens is 1. The second kappa shape index (κ2) is 5.02. The highest BCUT2D eigenvalue weighted by atomic mass is 32.1. The van der Waals surface area contributed by atoms with E-state index in [1.54, 1.807) is 0 Å². The van der Waals surface area contributed by atoms with E-state index in [2.05, 4.69) is 36.1 Å². The summed E-state index contributed by atoms with van der Waals surface area (Å²) in [5.74, 6) is 0. The zero-order chi connectivity index (χ0) is 13.4. The molecule has 3 rings (SSSR count). The highest BCUT2D eigenvalue weighted by Crippen LogP contribution is 2.32. The maximum atomic E-state index is 11.7. The number of hydrogen-bond donors (Lipinski definition) is 3. The van der Waals surface area contributed by atoms with Gasteiger partial charge in [-0.2, -0.15) is 0 Å². The lowest BCUT2D eigenvalue weighted by Gasteiger charge is -2.25. The fourth-order valence-corrected chi connectivity index (χ4v) is 3.23. The highest BCUT2D eigenvalue weighted by Gasteiger charge is 2.24. The van der Waals surface area contributed by atoms with Crippen LogP contribution in [0.3, 0.4) is 0 Å². The minimum Gasteiger partial charge on any atom is -0.361 e. The summed E-state index contributed by atoms with van der Waals surface area (Å²) >= 11 is 4.01. The lowest BCUT2D eigenvalue weighted by Crippen LogP contribution is -2.36. The fourth-order valence-electron chi connectivity index (χ4n) is 3.02. The summed E-state index contributed by atoms with van der Waals surface area (Å²) in [4.78, 5) is 15.0. The molecule has 0 fully saturated rings. The van der Waals surface area contributed by atoms with Gasteiger partial charge in [-0.15, -0.1) is 12.6 Å². The summed E-state index contributed by atoms with van der Waals surface area (Å²) in [6.07, 6.45) is 5.13. The maximum Gasteiger partial charge on any atom is 0.216 e. The van der Waals surface area contributed by atoms with Gasteiger partial charge < -0.3 is 10.3 Å². The van der Waals surface area contributed by atoms with E-state index in [0.29, 0.717) is 6.04 Å². The standard InChI is InChI=1S/C15H18N2OS/c1-2-5-16-10-6-9-8-17-13-4-3-11(15(18)19)12(7-10)14(9)13/h3-4,8,10,16-17H,2,5-7H2,1H3,(H,18,19). The Morgan fingerprint density at radius 3 is 3.05 bits per heavy atom. The smallest absolute Gasteiger partial charge is 0.216 e. The van der Waals surface area contributed by atoms with Gasteiger partial charge in [-0.3, -0.25) is 4.79 Å². The van der Waals surface area contributed by atoms with E-state index in [9.17, 15) is 4.79 Å². The van der Waals surface area contributed by atoms with Crippen LogP contribution in [0.1, 0.15) is 34.8 Å². The van der Waals surface area contributed by atoms with Crippen LogP contribution in [0.5, 0.6) is 0 Å². The molecule has 1 aliphatic rings. The molecule has 1 aromatic carbocycles. The van der Waals surface area contributed by atoms with Crippen molar-refractivity contribution in [2.24, 2.45) is 0 Å². The fraction of sp³-hybridized carbons (Fsp3) is 0.400. The molecule has 19 heavy (non-hydrogen) atoms. The first-order valence-electron chi connectivity index (χ1n) is 6.79. The Hall–Kier alpha value is -1.26. The number of carbonyl (C=O) groups excluding carboxylic acids is 1. The largest absolute Gasteiger partial charge is 0.361 e. The summed E-state index contributed by atoms with van der Waals surface area (Å²) in [5.41, 5.74) is 4.33. The highest BCUT2D eigenvalue weighted by molar-refractivity contribution is 7.97. The van der Waals surface area contributed by atoms with Crippen LogP contribution in [0.25, 0.3) is 10.9 Å². The first-order chi connectivity index (χ1) is 9.20. The van der Waals surface area contributed by atoms with Crippen LogP contribution in [0.2, 0.25) is 0 Å². The van der Waals surface area contributed by atoms with Crippen molar-refractivity contribution in [3.63, 3.8) is 0 Å². The molecule has 100 valence electrons. The quantitative estimate of drug-likeness (QED) is 0.751. The zero-order valence-corrected chi connectivity index (χ0v) is 11.9.